The zero-order valence-electron chi connectivity index (χ0n) is 14.5. The van der Waals surface area contributed by atoms with Gasteiger partial charge in [-0.25, -0.2) is 9.97 Å². The SMILES string of the molecule is O=C(CSc1nc(-c2ccc(Br)cc2)cc(C(F)(F)F)n1)Nc1ccccc1Cl. The predicted molar refractivity (Wildman–Crippen MR) is 111 cm³/mol. The molecule has 0 radical (unpaired) electrons. The number of amides is 1. The van der Waals surface area contributed by atoms with E-state index in [0.29, 0.717) is 16.3 Å². The summed E-state index contributed by atoms with van der Waals surface area (Å²) in [6.45, 7) is 0. The van der Waals surface area contributed by atoms with Gasteiger partial charge in [0.2, 0.25) is 5.91 Å². The van der Waals surface area contributed by atoms with E-state index in [1.807, 2.05) is 0 Å². The number of alkyl halides is 3. The number of benzene rings is 2. The summed E-state index contributed by atoms with van der Waals surface area (Å²) in [5.41, 5.74) is -0.0305. The molecule has 0 saturated heterocycles. The molecule has 3 aromatic rings. The molecular weight excluding hydrogens is 491 g/mol. The van der Waals surface area contributed by atoms with Crippen LogP contribution in [0.3, 0.4) is 0 Å². The first-order chi connectivity index (χ1) is 13.7. The van der Waals surface area contributed by atoms with Crippen molar-refractivity contribution in [3.05, 3.63) is 69.8 Å². The molecule has 1 amide bonds. The van der Waals surface area contributed by atoms with Gasteiger partial charge in [-0.05, 0) is 30.3 Å². The molecule has 0 saturated carbocycles. The van der Waals surface area contributed by atoms with Crippen LogP contribution in [0.25, 0.3) is 11.3 Å². The van der Waals surface area contributed by atoms with E-state index >= 15 is 0 Å². The number of thioether (sulfide) groups is 1. The Morgan fingerprint density at radius 3 is 2.45 bits per heavy atom. The van der Waals surface area contributed by atoms with E-state index in [-0.39, 0.29) is 16.6 Å². The average molecular weight is 503 g/mol. The largest absolute Gasteiger partial charge is 0.433 e. The van der Waals surface area contributed by atoms with Crippen LogP contribution in [0.15, 0.2) is 64.2 Å². The van der Waals surface area contributed by atoms with Gasteiger partial charge in [-0.1, -0.05) is 63.6 Å². The molecule has 29 heavy (non-hydrogen) atoms. The molecule has 4 nitrogen and oxygen atoms in total. The molecule has 0 atom stereocenters. The number of halogens is 5. The monoisotopic (exact) mass is 501 g/mol. The lowest BCUT2D eigenvalue weighted by molar-refractivity contribution is -0.141. The molecule has 0 fully saturated rings. The summed E-state index contributed by atoms with van der Waals surface area (Å²) >= 11 is 10.1. The number of rotatable bonds is 5. The van der Waals surface area contributed by atoms with E-state index in [1.165, 1.54) is 0 Å². The molecule has 0 aliphatic heterocycles. The normalized spacial score (nSPS) is 11.3. The molecule has 0 aliphatic carbocycles. The Morgan fingerprint density at radius 1 is 1.10 bits per heavy atom. The second kappa shape index (κ2) is 9.15. The summed E-state index contributed by atoms with van der Waals surface area (Å²) < 4.78 is 40.6. The minimum absolute atomic E-state index is 0.119. The number of hydrogen-bond acceptors (Lipinski definition) is 4. The fourth-order valence-electron chi connectivity index (χ4n) is 2.28. The van der Waals surface area contributed by atoms with Gasteiger partial charge in [-0.2, -0.15) is 13.2 Å². The zero-order chi connectivity index (χ0) is 21.0. The minimum Gasteiger partial charge on any atom is -0.324 e. The molecular formula is C19H12BrClF3N3OS. The van der Waals surface area contributed by atoms with Gasteiger partial charge < -0.3 is 5.32 Å². The van der Waals surface area contributed by atoms with E-state index < -0.39 is 17.8 Å². The highest BCUT2D eigenvalue weighted by Gasteiger charge is 2.34. The zero-order valence-corrected chi connectivity index (χ0v) is 17.7. The van der Waals surface area contributed by atoms with Crippen LogP contribution < -0.4 is 5.32 Å². The Kier molecular flexibility index (Phi) is 6.81. The molecule has 2 aromatic carbocycles. The Bertz CT molecular complexity index is 1030. The summed E-state index contributed by atoms with van der Waals surface area (Å²) in [4.78, 5) is 19.9. The number of anilines is 1. The first kappa shape index (κ1) is 21.6. The molecule has 0 bridgehead atoms. The van der Waals surface area contributed by atoms with E-state index in [9.17, 15) is 18.0 Å². The highest BCUT2D eigenvalue weighted by Crippen LogP contribution is 2.32. The maximum atomic E-state index is 13.3. The third-order valence-electron chi connectivity index (χ3n) is 3.62. The Balaban J connectivity index is 1.80. The van der Waals surface area contributed by atoms with Crippen molar-refractivity contribution in [3.8, 4) is 11.3 Å². The highest BCUT2D eigenvalue weighted by molar-refractivity contribution is 9.10. The van der Waals surface area contributed by atoms with Gasteiger partial charge >= 0.3 is 6.18 Å². The third kappa shape index (κ3) is 5.94. The van der Waals surface area contributed by atoms with Gasteiger partial charge in [-0.15, -0.1) is 0 Å². The molecule has 0 spiro atoms. The van der Waals surface area contributed by atoms with Crippen molar-refractivity contribution in [2.75, 3.05) is 11.1 Å². The van der Waals surface area contributed by atoms with Crippen molar-refractivity contribution < 1.29 is 18.0 Å². The Morgan fingerprint density at radius 2 is 1.79 bits per heavy atom. The quantitative estimate of drug-likeness (QED) is 0.328. The number of nitrogens with one attached hydrogen (secondary N) is 1. The molecule has 1 heterocycles. The number of carbonyl (C=O) groups is 1. The van der Waals surface area contributed by atoms with E-state index in [2.05, 4.69) is 31.2 Å². The average Bonchev–Trinajstić information content (AvgIpc) is 2.68. The molecule has 150 valence electrons. The van der Waals surface area contributed by atoms with Gasteiger partial charge in [0.15, 0.2) is 5.16 Å². The highest BCUT2D eigenvalue weighted by atomic mass is 79.9. The summed E-state index contributed by atoms with van der Waals surface area (Å²) in [5.74, 6) is -0.610. The summed E-state index contributed by atoms with van der Waals surface area (Å²) in [5, 5.41) is 2.82. The second-order valence-electron chi connectivity index (χ2n) is 5.74. The van der Waals surface area contributed by atoms with Crippen molar-refractivity contribution >= 4 is 50.9 Å². The Hall–Kier alpha value is -2.10. The molecule has 1 aromatic heterocycles. The van der Waals surface area contributed by atoms with Crippen molar-refractivity contribution in [3.63, 3.8) is 0 Å². The number of carbonyl (C=O) groups excluding carboxylic acids is 1. The standard InChI is InChI=1S/C19H12BrClF3N3OS/c20-12-7-5-11(6-8-12)15-9-16(19(22,23)24)27-18(26-15)29-10-17(28)25-14-4-2-1-3-13(14)21/h1-9H,10H2,(H,25,28). The van der Waals surface area contributed by atoms with Crippen LogP contribution in [0.5, 0.6) is 0 Å². The van der Waals surface area contributed by atoms with E-state index in [1.54, 1.807) is 48.5 Å². The topological polar surface area (TPSA) is 54.9 Å². The van der Waals surface area contributed by atoms with Gasteiger partial charge in [-0.3, -0.25) is 4.79 Å². The van der Waals surface area contributed by atoms with Gasteiger partial charge in [0.1, 0.15) is 5.69 Å². The van der Waals surface area contributed by atoms with Crippen molar-refractivity contribution in [2.45, 2.75) is 11.3 Å². The van der Waals surface area contributed by atoms with Crippen molar-refractivity contribution in [2.24, 2.45) is 0 Å². The van der Waals surface area contributed by atoms with Crippen LogP contribution in [0.2, 0.25) is 5.02 Å². The smallest absolute Gasteiger partial charge is 0.324 e. The van der Waals surface area contributed by atoms with Crippen molar-refractivity contribution in [1.29, 1.82) is 0 Å². The predicted octanol–water partition coefficient (Wildman–Crippen LogP) is 6.31. The number of hydrogen-bond donors (Lipinski definition) is 1. The van der Waals surface area contributed by atoms with Gasteiger partial charge in [0.05, 0.1) is 22.2 Å². The molecule has 0 unspecified atom stereocenters. The minimum atomic E-state index is -4.64. The summed E-state index contributed by atoms with van der Waals surface area (Å²) in [6.07, 6.45) is -4.64. The molecule has 1 N–H and O–H groups in total. The summed E-state index contributed by atoms with van der Waals surface area (Å²) in [7, 11) is 0. The first-order valence-electron chi connectivity index (χ1n) is 8.12. The lowest BCUT2D eigenvalue weighted by atomic mass is 10.1. The van der Waals surface area contributed by atoms with Crippen LogP contribution in [0, 0.1) is 0 Å². The van der Waals surface area contributed by atoms with Crippen LogP contribution in [-0.2, 0) is 11.0 Å². The van der Waals surface area contributed by atoms with Crippen LogP contribution >= 0.6 is 39.3 Å². The number of nitrogens with zero attached hydrogens (tertiary/aromatic N) is 2. The lowest BCUT2D eigenvalue weighted by Crippen LogP contribution is -2.15. The Labute approximate surface area is 182 Å². The van der Waals surface area contributed by atoms with Gasteiger partial charge in [0, 0.05) is 10.0 Å². The first-order valence-corrected chi connectivity index (χ1v) is 10.3. The molecule has 3 rings (SSSR count). The summed E-state index contributed by atoms with van der Waals surface area (Å²) in [6, 6.07) is 14.2. The van der Waals surface area contributed by atoms with Crippen LogP contribution in [0.4, 0.5) is 18.9 Å². The maximum absolute atomic E-state index is 13.3. The number of aromatic nitrogens is 2. The molecule has 10 heteroatoms. The van der Waals surface area contributed by atoms with Crippen LogP contribution in [-0.4, -0.2) is 21.6 Å². The number of para-hydroxylation sites is 1. The van der Waals surface area contributed by atoms with Gasteiger partial charge in [0.25, 0.3) is 0 Å². The maximum Gasteiger partial charge on any atom is 0.433 e. The van der Waals surface area contributed by atoms with Crippen LogP contribution in [0.1, 0.15) is 5.69 Å². The third-order valence-corrected chi connectivity index (χ3v) is 5.32. The van der Waals surface area contributed by atoms with E-state index in [0.717, 1.165) is 22.3 Å². The molecule has 0 aliphatic rings. The van der Waals surface area contributed by atoms with E-state index in [4.69, 9.17) is 11.6 Å². The fraction of sp³-hybridized carbons (Fsp3) is 0.105. The fourth-order valence-corrected chi connectivity index (χ4v) is 3.39. The van der Waals surface area contributed by atoms with Crippen molar-refractivity contribution in [1.82, 2.24) is 9.97 Å². The second-order valence-corrected chi connectivity index (χ2v) is 8.01. The lowest BCUT2D eigenvalue weighted by Gasteiger charge is -2.11.